The summed E-state index contributed by atoms with van der Waals surface area (Å²) >= 11 is 0. The van der Waals surface area contributed by atoms with Crippen molar-refractivity contribution in [3.63, 3.8) is 0 Å². The first-order valence-electron chi connectivity index (χ1n) is 6.51. The van der Waals surface area contributed by atoms with E-state index in [1.165, 1.54) is 0 Å². The molecule has 1 aromatic carbocycles. The fourth-order valence-corrected chi connectivity index (χ4v) is 1.92. The van der Waals surface area contributed by atoms with E-state index in [1.807, 2.05) is 48.6 Å². The molecule has 0 saturated heterocycles. The number of hydrogen-bond donors (Lipinski definition) is 2. The summed E-state index contributed by atoms with van der Waals surface area (Å²) in [5, 5.41) is 12.7. The van der Waals surface area contributed by atoms with Gasteiger partial charge in [0.1, 0.15) is 11.5 Å². The molecular formula is C16H19NO3. The lowest BCUT2D eigenvalue weighted by Gasteiger charge is -2.16. The quantitative estimate of drug-likeness (QED) is 0.814. The number of aliphatic hydroxyl groups excluding tert-OH is 1. The molecule has 0 aliphatic carbocycles. The van der Waals surface area contributed by atoms with E-state index in [-0.39, 0.29) is 12.6 Å². The molecule has 1 unspecified atom stereocenters. The van der Waals surface area contributed by atoms with E-state index in [9.17, 15) is 5.11 Å². The van der Waals surface area contributed by atoms with Gasteiger partial charge in [0.05, 0.1) is 26.0 Å². The monoisotopic (exact) mass is 273 g/mol. The standard InChI is InChI=1S/C16H19NO3/c1-19-15-6-2-5-13(11-15)16(12-18)17-9-3-7-14-8-4-10-20-14/h2-8,10-11,16-18H,9,12H2,1H3/b7-3+. The minimum Gasteiger partial charge on any atom is -0.497 e. The molecule has 0 saturated carbocycles. The number of nitrogens with one attached hydrogen (secondary N) is 1. The van der Waals surface area contributed by atoms with Gasteiger partial charge in [0, 0.05) is 6.54 Å². The molecular weight excluding hydrogens is 254 g/mol. The molecule has 0 aliphatic heterocycles. The van der Waals surface area contributed by atoms with Crippen LogP contribution in [0.25, 0.3) is 6.08 Å². The Bertz CT molecular complexity index is 534. The van der Waals surface area contributed by atoms with Gasteiger partial charge in [0.2, 0.25) is 0 Å². The van der Waals surface area contributed by atoms with E-state index in [1.54, 1.807) is 13.4 Å². The molecule has 2 rings (SSSR count). The summed E-state index contributed by atoms with van der Waals surface area (Å²) < 4.78 is 10.4. The molecule has 2 N–H and O–H groups in total. The average Bonchev–Trinajstić information content (AvgIpc) is 3.01. The van der Waals surface area contributed by atoms with E-state index < -0.39 is 0 Å². The van der Waals surface area contributed by atoms with Crippen LogP contribution >= 0.6 is 0 Å². The Morgan fingerprint density at radius 1 is 1.35 bits per heavy atom. The Morgan fingerprint density at radius 3 is 2.95 bits per heavy atom. The van der Waals surface area contributed by atoms with Crippen molar-refractivity contribution in [2.24, 2.45) is 0 Å². The Hall–Kier alpha value is -2.04. The summed E-state index contributed by atoms with van der Waals surface area (Å²) in [6.45, 7) is 0.672. The van der Waals surface area contributed by atoms with E-state index >= 15 is 0 Å². The Balaban J connectivity index is 1.91. The van der Waals surface area contributed by atoms with Gasteiger partial charge in [-0.15, -0.1) is 0 Å². The molecule has 4 nitrogen and oxygen atoms in total. The molecule has 2 aromatic rings. The highest BCUT2D eigenvalue weighted by Gasteiger charge is 2.09. The summed E-state index contributed by atoms with van der Waals surface area (Å²) in [5.74, 6) is 1.60. The second-order valence-electron chi connectivity index (χ2n) is 4.34. The van der Waals surface area contributed by atoms with Gasteiger partial charge in [0.15, 0.2) is 0 Å². The molecule has 0 bridgehead atoms. The second-order valence-corrected chi connectivity index (χ2v) is 4.34. The first kappa shape index (κ1) is 14.4. The number of hydrogen-bond acceptors (Lipinski definition) is 4. The van der Waals surface area contributed by atoms with Crippen LogP contribution in [0.1, 0.15) is 17.4 Å². The zero-order valence-electron chi connectivity index (χ0n) is 11.5. The number of ether oxygens (including phenoxy) is 1. The van der Waals surface area contributed by atoms with Gasteiger partial charge in [-0.3, -0.25) is 0 Å². The van der Waals surface area contributed by atoms with Crippen LogP contribution in [0.3, 0.4) is 0 Å². The molecule has 4 heteroatoms. The lowest BCUT2D eigenvalue weighted by molar-refractivity contribution is 0.247. The fraction of sp³-hybridized carbons (Fsp3) is 0.250. The van der Waals surface area contributed by atoms with Gasteiger partial charge < -0.3 is 19.6 Å². The highest BCUT2D eigenvalue weighted by atomic mass is 16.5. The smallest absolute Gasteiger partial charge is 0.126 e. The van der Waals surface area contributed by atoms with Crippen LogP contribution in [0.15, 0.2) is 53.2 Å². The number of benzene rings is 1. The lowest BCUT2D eigenvalue weighted by Crippen LogP contribution is -2.24. The van der Waals surface area contributed by atoms with Crippen molar-refractivity contribution in [3.05, 3.63) is 60.1 Å². The predicted octanol–water partition coefficient (Wildman–Crippen LogP) is 2.62. The van der Waals surface area contributed by atoms with Gasteiger partial charge >= 0.3 is 0 Å². The van der Waals surface area contributed by atoms with Crippen LogP contribution in [-0.2, 0) is 0 Å². The SMILES string of the molecule is COc1cccc(C(CO)NC/C=C/c2ccco2)c1. The minimum absolute atomic E-state index is 0.0295. The Morgan fingerprint density at radius 2 is 2.25 bits per heavy atom. The number of aliphatic hydroxyl groups is 1. The fourth-order valence-electron chi connectivity index (χ4n) is 1.92. The van der Waals surface area contributed by atoms with Crippen LogP contribution in [0.2, 0.25) is 0 Å². The molecule has 0 radical (unpaired) electrons. The molecule has 106 valence electrons. The molecule has 0 spiro atoms. The van der Waals surface area contributed by atoms with Gasteiger partial charge in [-0.25, -0.2) is 0 Å². The molecule has 20 heavy (non-hydrogen) atoms. The Labute approximate surface area is 118 Å². The minimum atomic E-state index is -0.119. The van der Waals surface area contributed by atoms with Crippen molar-refractivity contribution < 1.29 is 14.3 Å². The maximum Gasteiger partial charge on any atom is 0.126 e. The van der Waals surface area contributed by atoms with Gasteiger partial charge in [0.25, 0.3) is 0 Å². The molecule has 1 atom stereocenters. The first-order chi connectivity index (χ1) is 9.83. The van der Waals surface area contributed by atoms with Gasteiger partial charge in [-0.05, 0) is 35.9 Å². The second kappa shape index (κ2) is 7.53. The normalized spacial score (nSPS) is 12.7. The predicted molar refractivity (Wildman–Crippen MR) is 78.6 cm³/mol. The van der Waals surface area contributed by atoms with Gasteiger partial charge in [-0.1, -0.05) is 18.2 Å². The summed E-state index contributed by atoms with van der Waals surface area (Å²) in [5.41, 5.74) is 0.998. The molecule has 0 aliphatic rings. The van der Waals surface area contributed by atoms with Crippen molar-refractivity contribution in [3.8, 4) is 5.75 Å². The first-order valence-corrected chi connectivity index (χ1v) is 6.51. The summed E-state index contributed by atoms with van der Waals surface area (Å²) in [6, 6.07) is 11.3. The van der Waals surface area contributed by atoms with Gasteiger partial charge in [-0.2, -0.15) is 0 Å². The highest BCUT2D eigenvalue weighted by molar-refractivity contribution is 5.42. The van der Waals surface area contributed by atoms with E-state index in [0.717, 1.165) is 17.1 Å². The van der Waals surface area contributed by atoms with Crippen molar-refractivity contribution in [2.75, 3.05) is 20.3 Å². The zero-order valence-corrected chi connectivity index (χ0v) is 11.5. The zero-order chi connectivity index (χ0) is 14.2. The van der Waals surface area contributed by atoms with Crippen molar-refractivity contribution in [1.29, 1.82) is 0 Å². The van der Waals surface area contributed by atoms with Crippen LogP contribution in [0.4, 0.5) is 0 Å². The Kier molecular flexibility index (Phi) is 5.41. The van der Waals surface area contributed by atoms with E-state index in [4.69, 9.17) is 9.15 Å². The van der Waals surface area contributed by atoms with Crippen LogP contribution < -0.4 is 10.1 Å². The molecule has 0 fully saturated rings. The lowest BCUT2D eigenvalue weighted by atomic mass is 10.1. The van der Waals surface area contributed by atoms with Crippen LogP contribution in [-0.4, -0.2) is 25.4 Å². The summed E-state index contributed by atoms with van der Waals surface area (Å²) in [4.78, 5) is 0. The molecule has 0 amide bonds. The molecule has 1 heterocycles. The third kappa shape index (κ3) is 3.98. The number of furan rings is 1. The maximum atomic E-state index is 9.48. The van der Waals surface area contributed by atoms with Crippen molar-refractivity contribution in [2.45, 2.75) is 6.04 Å². The van der Waals surface area contributed by atoms with E-state index in [0.29, 0.717) is 6.54 Å². The topological polar surface area (TPSA) is 54.6 Å². The summed E-state index contributed by atoms with van der Waals surface area (Å²) in [6.07, 6.45) is 5.49. The number of rotatable bonds is 7. The third-order valence-corrected chi connectivity index (χ3v) is 2.99. The third-order valence-electron chi connectivity index (χ3n) is 2.99. The largest absolute Gasteiger partial charge is 0.497 e. The van der Waals surface area contributed by atoms with Crippen molar-refractivity contribution >= 4 is 6.08 Å². The van der Waals surface area contributed by atoms with Crippen LogP contribution in [0.5, 0.6) is 5.75 Å². The molecule has 1 aromatic heterocycles. The highest BCUT2D eigenvalue weighted by Crippen LogP contribution is 2.18. The summed E-state index contributed by atoms with van der Waals surface area (Å²) in [7, 11) is 1.63. The van der Waals surface area contributed by atoms with Crippen molar-refractivity contribution in [1.82, 2.24) is 5.32 Å². The average molecular weight is 273 g/mol. The number of methoxy groups -OCH3 is 1. The maximum absolute atomic E-state index is 9.48. The van der Waals surface area contributed by atoms with E-state index in [2.05, 4.69) is 5.32 Å². The van der Waals surface area contributed by atoms with Crippen LogP contribution in [0, 0.1) is 0 Å².